The summed E-state index contributed by atoms with van der Waals surface area (Å²) in [7, 11) is 0. The van der Waals surface area contributed by atoms with Crippen molar-refractivity contribution in [2.45, 2.75) is 25.1 Å². The van der Waals surface area contributed by atoms with Crippen LogP contribution in [0.15, 0.2) is 42.7 Å². The second-order valence-electron chi connectivity index (χ2n) is 6.34. The lowest BCUT2D eigenvalue weighted by Crippen LogP contribution is -2.32. The average molecular weight is 393 g/mol. The minimum atomic E-state index is -4.45. The van der Waals surface area contributed by atoms with Crippen molar-refractivity contribution >= 4 is 17.5 Å². The number of carbonyl (C=O) groups excluding carboxylic acids is 2. The fourth-order valence-corrected chi connectivity index (χ4v) is 2.75. The smallest absolute Gasteiger partial charge is 0.376 e. The van der Waals surface area contributed by atoms with Crippen molar-refractivity contribution in [3.8, 4) is 0 Å². The van der Waals surface area contributed by atoms with Gasteiger partial charge in [0.2, 0.25) is 0 Å². The molecule has 6 nitrogen and oxygen atoms in total. The van der Waals surface area contributed by atoms with Crippen LogP contribution in [0.5, 0.6) is 0 Å². The summed E-state index contributed by atoms with van der Waals surface area (Å²) < 4.78 is 43.2. The minimum absolute atomic E-state index is 0.0111. The third-order valence-electron chi connectivity index (χ3n) is 4.25. The van der Waals surface area contributed by atoms with Crippen LogP contribution in [0.1, 0.15) is 39.1 Å². The lowest BCUT2D eigenvalue weighted by atomic mass is 10.1. The maximum atomic E-state index is 12.6. The Balaban J connectivity index is 1.62. The van der Waals surface area contributed by atoms with E-state index in [-0.39, 0.29) is 28.8 Å². The van der Waals surface area contributed by atoms with Crippen molar-refractivity contribution in [3.63, 3.8) is 0 Å². The first-order valence-electron chi connectivity index (χ1n) is 8.66. The number of nitrogens with one attached hydrogen (secondary N) is 2. The van der Waals surface area contributed by atoms with Crippen LogP contribution in [-0.4, -0.2) is 36.1 Å². The van der Waals surface area contributed by atoms with Crippen LogP contribution in [0, 0.1) is 0 Å². The highest BCUT2D eigenvalue weighted by molar-refractivity contribution is 6.05. The molecule has 1 aromatic heterocycles. The fraction of sp³-hybridized carbons (Fsp3) is 0.316. The molecule has 0 bridgehead atoms. The lowest BCUT2D eigenvalue weighted by Gasteiger charge is -2.11. The van der Waals surface area contributed by atoms with Gasteiger partial charge in [0, 0.05) is 31.2 Å². The number of hydrogen-bond acceptors (Lipinski definition) is 4. The number of amides is 2. The largest absolute Gasteiger partial charge is 0.416 e. The van der Waals surface area contributed by atoms with Crippen molar-refractivity contribution in [3.05, 3.63) is 59.4 Å². The van der Waals surface area contributed by atoms with E-state index >= 15 is 0 Å². The Kier molecular flexibility index (Phi) is 5.93. The Bertz CT molecular complexity index is 847. The van der Waals surface area contributed by atoms with Crippen molar-refractivity contribution in [2.75, 3.05) is 18.5 Å². The van der Waals surface area contributed by atoms with Crippen molar-refractivity contribution in [1.29, 1.82) is 0 Å². The fourth-order valence-electron chi connectivity index (χ4n) is 2.75. The molecule has 0 aliphatic carbocycles. The summed E-state index contributed by atoms with van der Waals surface area (Å²) in [6.07, 6.45) is -0.00757. The topological polar surface area (TPSA) is 80.3 Å². The third kappa shape index (κ3) is 5.07. The first kappa shape index (κ1) is 19.8. The number of pyridine rings is 1. The summed E-state index contributed by atoms with van der Waals surface area (Å²) in [5.74, 6) is -0.965. The molecular weight excluding hydrogens is 375 g/mol. The molecule has 3 rings (SSSR count). The number of hydrogen-bond donors (Lipinski definition) is 2. The van der Waals surface area contributed by atoms with E-state index in [1.54, 1.807) is 0 Å². The number of nitrogens with zero attached hydrogens (tertiary/aromatic N) is 1. The highest BCUT2D eigenvalue weighted by Gasteiger charge is 2.30. The number of anilines is 1. The molecule has 2 amide bonds. The Morgan fingerprint density at radius 3 is 2.39 bits per heavy atom. The summed E-state index contributed by atoms with van der Waals surface area (Å²) in [5.41, 5.74) is -0.286. The number of ether oxygens (including phenoxy) is 1. The number of alkyl halides is 3. The Labute approximate surface area is 159 Å². The molecule has 2 aromatic rings. The van der Waals surface area contributed by atoms with Gasteiger partial charge in [-0.3, -0.25) is 14.6 Å². The standard InChI is InChI=1S/C19H18F3N3O3/c20-19(21,22)14-3-5-15(6-4-14)25-18(27)13-8-12(9-23-10-13)17(26)24-11-16-2-1-7-28-16/h3-6,8-10,16H,1-2,7,11H2,(H,24,26)(H,25,27). The third-order valence-corrected chi connectivity index (χ3v) is 4.25. The molecule has 0 saturated carbocycles. The van der Waals surface area contributed by atoms with Crippen molar-refractivity contribution < 1.29 is 27.5 Å². The van der Waals surface area contributed by atoms with Gasteiger partial charge >= 0.3 is 6.18 Å². The highest BCUT2D eigenvalue weighted by atomic mass is 19.4. The number of aromatic nitrogens is 1. The van der Waals surface area contributed by atoms with E-state index in [0.717, 1.165) is 37.1 Å². The summed E-state index contributed by atoms with van der Waals surface area (Å²) in [6, 6.07) is 5.45. The van der Waals surface area contributed by atoms with Crippen LogP contribution in [0.4, 0.5) is 18.9 Å². The van der Waals surface area contributed by atoms with E-state index in [2.05, 4.69) is 15.6 Å². The molecule has 1 unspecified atom stereocenters. The molecule has 2 heterocycles. The first-order chi connectivity index (χ1) is 13.3. The van der Waals surface area contributed by atoms with E-state index in [1.807, 2.05) is 0 Å². The maximum Gasteiger partial charge on any atom is 0.416 e. The molecular formula is C19H18F3N3O3. The van der Waals surface area contributed by atoms with Crippen LogP contribution >= 0.6 is 0 Å². The average Bonchev–Trinajstić information content (AvgIpc) is 3.19. The zero-order valence-corrected chi connectivity index (χ0v) is 14.8. The molecule has 1 aromatic carbocycles. The van der Waals surface area contributed by atoms with E-state index in [4.69, 9.17) is 4.74 Å². The summed E-state index contributed by atoms with van der Waals surface area (Å²) in [6.45, 7) is 1.06. The number of rotatable bonds is 5. The van der Waals surface area contributed by atoms with Gasteiger partial charge in [-0.2, -0.15) is 13.2 Å². The van der Waals surface area contributed by atoms with Gasteiger partial charge in [-0.25, -0.2) is 0 Å². The van der Waals surface area contributed by atoms with Gasteiger partial charge in [-0.1, -0.05) is 0 Å². The zero-order chi connectivity index (χ0) is 20.1. The Morgan fingerprint density at radius 2 is 1.79 bits per heavy atom. The number of benzene rings is 1. The van der Waals surface area contributed by atoms with Gasteiger partial charge in [0.15, 0.2) is 0 Å². The predicted molar refractivity (Wildman–Crippen MR) is 94.9 cm³/mol. The quantitative estimate of drug-likeness (QED) is 0.817. The first-order valence-corrected chi connectivity index (χ1v) is 8.66. The van der Waals surface area contributed by atoms with E-state index in [0.29, 0.717) is 13.2 Å². The summed E-state index contributed by atoms with van der Waals surface area (Å²) in [5, 5.41) is 5.22. The zero-order valence-electron chi connectivity index (χ0n) is 14.8. The summed E-state index contributed by atoms with van der Waals surface area (Å²) in [4.78, 5) is 28.4. The van der Waals surface area contributed by atoms with Gasteiger partial charge in [0.25, 0.3) is 11.8 Å². The molecule has 2 N–H and O–H groups in total. The predicted octanol–water partition coefficient (Wildman–Crippen LogP) is 3.26. The summed E-state index contributed by atoms with van der Waals surface area (Å²) >= 11 is 0. The molecule has 28 heavy (non-hydrogen) atoms. The van der Waals surface area contributed by atoms with Gasteiger partial charge < -0.3 is 15.4 Å². The van der Waals surface area contributed by atoms with Gasteiger partial charge in [0.1, 0.15) is 0 Å². The van der Waals surface area contributed by atoms with Crippen molar-refractivity contribution in [1.82, 2.24) is 10.3 Å². The van der Waals surface area contributed by atoms with E-state index < -0.39 is 17.6 Å². The van der Waals surface area contributed by atoms with E-state index in [9.17, 15) is 22.8 Å². The molecule has 1 aliphatic rings. The van der Waals surface area contributed by atoms with Crippen LogP contribution in [0.3, 0.4) is 0 Å². The molecule has 0 radical (unpaired) electrons. The second-order valence-corrected chi connectivity index (χ2v) is 6.34. The maximum absolute atomic E-state index is 12.6. The molecule has 1 fully saturated rings. The van der Waals surface area contributed by atoms with Gasteiger partial charge in [0.05, 0.1) is 22.8 Å². The van der Waals surface area contributed by atoms with Crippen LogP contribution in [0.2, 0.25) is 0 Å². The molecule has 1 aliphatic heterocycles. The Morgan fingerprint density at radius 1 is 1.11 bits per heavy atom. The van der Waals surface area contributed by atoms with Crippen molar-refractivity contribution in [2.24, 2.45) is 0 Å². The van der Waals surface area contributed by atoms with Crippen LogP contribution in [0.25, 0.3) is 0 Å². The Hall–Kier alpha value is -2.94. The van der Waals surface area contributed by atoms with E-state index in [1.165, 1.54) is 18.5 Å². The molecule has 1 saturated heterocycles. The van der Waals surface area contributed by atoms with Crippen LogP contribution < -0.4 is 10.6 Å². The highest BCUT2D eigenvalue weighted by Crippen LogP contribution is 2.29. The lowest BCUT2D eigenvalue weighted by molar-refractivity contribution is -0.137. The number of carbonyl (C=O) groups is 2. The molecule has 1 atom stereocenters. The van der Waals surface area contributed by atoms with Gasteiger partial charge in [-0.05, 0) is 43.2 Å². The molecule has 148 valence electrons. The normalized spacial score (nSPS) is 16.6. The minimum Gasteiger partial charge on any atom is -0.376 e. The molecule has 0 spiro atoms. The molecule has 9 heteroatoms. The van der Waals surface area contributed by atoms with Gasteiger partial charge in [-0.15, -0.1) is 0 Å². The SMILES string of the molecule is O=C(NCC1CCCO1)c1cncc(C(=O)Nc2ccc(C(F)(F)F)cc2)c1. The number of halogens is 3. The van der Waals surface area contributed by atoms with Crippen LogP contribution in [-0.2, 0) is 10.9 Å². The second kappa shape index (κ2) is 8.39. The monoisotopic (exact) mass is 393 g/mol.